The minimum absolute atomic E-state index is 0.683. The van der Waals surface area contributed by atoms with E-state index in [1.54, 1.807) is 0 Å². The van der Waals surface area contributed by atoms with Gasteiger partial charge in [0.25, 0.3) is 0 Å². The summed E-state index contributed by atoms with van der Waals surface area (Å²) in [5.74, 6) is -13.2. The number of aliphatic carboxylic acids is 3. The zero-order valence-corrected chi connectivity index (χ0v) is 51.1. The number of hydrogen-bond donors (Lipinski definition) is 20. The molecule has 3 amide bonds. The van der Waals surface area contributed by atoms with Crippen LogP contribution in [0.5, 0.6) is 0 Å². The number of carboxylic acids is 3. The van der Waals surface area contributed by atoms with E-state index in [1.165, 1.54) is 0 Å². The van der Waals surface area contributed by atoms with Crippen LogP contribution in [0.15, 0.2) is 11.5 Å². The monoisotopic (exact) mass is 1470 g/mol. The first kappa shape index (κ1) is 78.9. The summed E-state index contributed by atoms with van der Waals surface area (Å²) in [6.07, 6.45) is -66.0. The van der Waals surface area contributed by atoms with Crippen LogP contribution in [0.4, 0.5) is 0 Å². The molecule has 0 unspecified atom stereocenters. The number of hydrogen-bond acceptors (Lipinski definition) is 39. The average molecular weight is 1470 g/mol. The third-order valence-corrected chi connectivity index (χ3v) is 15.9. The second-order valence-electron chi connectivity index (χ2n) is 20.8. The number of carboxylic acid groups (broad SMARTS) is 3. The van der Waals surface area contributed by atoms with Gasteiger partial charge in [-0.25, -0.2) is 31.1 Å². The molecule has 0 bridgehead atoms. The SMILES string of the molecule is CC(=O)N[C@@H]1[C@@H](O[C@@H]2O[C@H](C(=O)O)[C@H](O[C@@H]3O[C@H](COS(=O)(=O)O)[C@H](O)[C@H](O[C@@H]4O[C@H](C(=O)O)[C@H](O[C@@H]5O[C@H](COS(=O)(=O)O)[C@H](O)[C@H](O[C@@H]6OC(C(=O)O)=C(O)[C@H](O)[C@H]6O)[C@H]5NC(C)=O)[C@H](O)[C@H]4O)[C@H]3NC(C)=O)[C@H](O)[C@H]2OS(=O)(=O)O)[C@@H](OS(=O)(=O)O)[C@@H](CO)O[C@H]1O. The molecular weight excluding hydrogens is 1410 g/mol. The Kier molecular flexibility index (Phi) is 26.1. The number of nitrogens with one attached hydrogen (secondary N) is 3. The highest BCUT2D eigenvalue weighted by molar-refractivity contribution is 7.81. The highest BCUT2D eigenvalue weighted by Gasteiger charge is 2.61. The standard InChI is InChI=1S/C42H63N3O46S4/c1-7(47)43-13-27(24(90-94(71,72)73)10(4-46)79-37(13)64)84-42-31(91-95(74,75)76)23(57)29(33(89-42)36(62)63)86-39-15(45-9(3)49)26(17(51)12(81-39)6-78-93(68,69)70)83-41-22(56)20(54)28(32(88-41)35(60)61)85-38-14(44-8(2)48)25(16(50)11(80-38)5-77-92(65,66)67)82-40-21(55)18(52)19(53)30(87-40)34(58)59/h10-18,20-29,31-33,37-42,46,50-57,64H,4-6H2,1-3H3,(H,43,47)(H,44,48)(H,45,49)(H,58,59)(H,60,61)(H,62,63)(H,65,66,67)(H,68,69,70)(H,71,72,73)(H,74,75,76)/t10-,11-,12-,13-,14-,15-,16+,17+,18+,20-,21-,22-,23+,24+,25-,26-,27-,28-,29-,31-,32+,33+,37-,38+,39+,40-,41-,42-/m1/s1. The fraction of sp³-hybridized carbons (Fsp3) is 0.810. The lowest BCUT2D eigenvalue weighted by atomic mass is 9.93. The van der Waals surface area contributed by atoms with Crippen molar-refractivity contribution in [3.05, 3.63) is 11.5 Å². The summed E-state index contributed by atoms with van der Waals surface area (Å²) < 4.78 is 212. The second kappa shape index (κ2) is 31.4. The Labute approximate surface area is 531 Å². The normalized spacial score (nSPS) is 39.8. The van der Waals surface area contributed by atoms with Crippen molar-refractivity contribution in [3.8, 4) is 0 Å². The van der Waals surface area contributed by atoms with Crippen LogP contribution in [0, 0.1) is 0 Å². The Balaban J connectivity index is 1.38. The van der Waals surface area contributed by atoms with Gasteiger partial charge in [0.15, 0.2) is 55.5 Å². The highest BCUT2D eigenvalue weighted by Crippen LogP contribution is 2.39. The number of ether oxygens (including phenoxy) is 11. The van der Waals surface area contributed by atoms with Crippen LogP contribution in [-0.2, 0) is 139 Å². The lowest BCUT2D eigenvalue weighted by Crippen LogP contribution is -2.71. The summed E-state index contributed by atoms with van der Waals surface area (Å²) in [4.78, 5) is 76.1. The Hall–Kier alpha value is -5.12. The molecule has 6 rings (SSSR count). The maximum Gasteiger partial charge on any atom is 0.397 e. The molecule has 0 saturated carbocycles. The summed E-state index contributed by atoms with van der Waals surface area (Å²) in [7, 11) is -22.9. The molecule has 0 aromatic carbocycles. The summed E-state index contributed by atoms with van der Waals surface area (Å²) in [5.41, 5.74) is 0. The maximum atomic E-state index is 13.1. The van der Waals surface area contributed by atoms with Gasteiger partial charge in [0.1, 0.15) is 116 Å². The first-order valence-corrected chi connectivity index (χ1v) is 31.9. The van der Waals surface area contributed by atoms with E-state index >= 15 is 0 Å². The van der Waals surface area contributed by atoms with Crippen LogP contribution in [-0.4, -0.2) is 346 Å². The molecular formula is C42H63N3O46S4. The van der Waals surface area contributed by atoms with Crippen molar-refractivity contribution < 1.29 is 216 Å². The largest absolute Gasteiger partial charge is 0.506 e. The van der Waals surface area contributed by atoms with Crippen molar-refractivity contribution in [2.24, 2.45) is 0 Å². The first-order chi connectivity index (χ1) is 43.7. The third kappa shape index (κ3) is 20.1. The van der Waals surface area contributed by atoms with Crippen LogP contribution in [0.2, 0.25) is 0 Å². The minimum atomic E-state index is -6.02. The van der Waals surface area contributed by atoms with Crippen LogP contribution in [0.25, 0.3) is 0 Å². The topological polar surface area (TPSA) is 757 Å². The van der Waals surface area contributed by atoms with E-state index in [0.717, 1.165) is 13.8 Å². The second-order valence-corrected chi connectivity index (χ2v) is 25.1. The van der Waals surface area contributed by atoms with Gasteiger partial charge in [0.2, 0.25) is 29.8 Å². The minimum Gasteiger partial charge on any atom is -0.506 e. The lowest BCUT2D eigenvalue weighted by Gasteiger charge is -2.50. The molecule has 5 saturated heterocycles. The summed E-state index contributed by atoms with van der Waals surface area (Å²) in [6.45, 7) is -2.25. The predicted octanol–water partition coefficient (Wildman–Crippen LogP) is -13.0. The molecule has 6 aliphatic heterocycles. The van der Waals surface area contributed by atoms with Gasteiger partial charge in [-0.15, -0.1) is 0 Å². The number of carbonyl (C=O) groups excluding carboxylic acids is 3. The van der Waals surface area contributed by atoms with E-state index in [-0.39, 0.29) is 0 Å². The predicted molar refractivity (Wildman–Crippen MR) is 277 cm³/mol. The molecule has 0 aromatic heterocycles. The molecule has 95 heavy (non-hydrogen) atoms. The zero-order chi connectivity index (χ0) is 71.6. The molecule has 53 heteroatoms. The smallest absolute Gasteiger partial charge is 0.397 e. The number of rotatable bonds is 27. The lowest BCUT2D eigenvalue weighted by molar-refractivity contribution is -0.374. The highest BCUT2D eigenvalue weighted by atomic mass is 32.3. The van der Waals surface area contributed by atoms with Crippen molar-refractivity contribution in [1.82, 2.24) is 16.0 Å². The maximum absolute atomic E-state index is 13.1. The molecule has 5 fully saturated rings. The van der Waals surface area contributed by atoms with Crippen LogP contribution >= 0.6 is 0 Å². The Morgan fingerprint density at radius 2 is 0.832 bits per heavy atom. The van der Waals surface area contributed by atoms with Crippen molar-refractivity contribution in [2.45, 2.75) is 193 Å². The van der Waals surface area contributed by atoms with E-state index in [0.29, 0.717) is 6.92 Å². The summed E-state index contributed by atoms with van der Waals surface area (Å²) in [6, 6.07) is -6.86. The van der Waals surface area contributed by atoms with Gasteiger partial charge < -0.3 is 134 Å². The van der Waals surface area contributed by atoms with Gasteiger partial charge in [-0.1, -0.05) is 0 Å². The number of aliphatic hydroxyl groups is 10. The van der Waals surface area contributed by atoms with Crippen LogP contribution < -0.4 is 16.0 Å². The molecule has 6 heterocycles. The molecule has 49 nitrogen and oxygen atoms in total. The molecule has 546 valence electrons. The Morgan fingerprint density at radius 3 is 1.24 bits per heavy atom. The fourth-order valence-corrected chi connectivity index (χ4v) is 11.8. The van der Waals surface area contributed by atoms with Gasteiger partial charge in [0.05, 0.1) is 19.8 Å². The van der Waals surface area contributed by atoms with E-state index < -0.39 is 280 Å². The van der Waals surface area contributed by atoms with Crippen LogP contribution in [0.1, 0.15) is 20.8 Å². The number of carbonyl (C=O) groups is 6. The van der Waals surface area contributed by atoms with E-state index in [4.69, 9.17) is 52.1 Å². The van der Waals surface area contributed by atoms with Crippen molar-refractivity contribution in [2.75, 3.05) is 19.8 Å². The molecule has 0 aliphatic carbocycles. The first-order valence-electron chi connectivity index (χ1n) is 26.5. The Bertz CT molecular complexity index is 3270. The molecule has 20 N–H and O–H groups in total. The summed E-state index contributed by atoms with van der Waals surface area (Å²) in [5, 5.41) is 147. The molecule has 6 aliphatic rings. The Morgan fingerprint density at radius 1 is 0.432 bits per heavy atom. The number of amides is 3. The molecule has 0 radical (unpaired) electrons. The van der Waals surface area contributed by atoms with E-state index in [1.807, 2.05) is 10.6 Å². The van der Waals surface area contributed by atoms with Gasteiger partial charge >= 0.3 is 59.5 Å². The summed E-state index contributed by atoms with van der Waals surface area (Å²) >= 11 is 0. The van der Waals surface area contributed by atoms with E-state index in [9.17, 15) is 147 Å². The van der Waals surface area contributed by atoms with Crippen LogP contribution in [0.3, 0.4) is 0 Å². The average Bonchev–Trinajstić information content (AvgIpc) is 0.767. The zero-order valence-electron chi connectivity index (χ0n) is 47.9. The van der Waals surface area contributed by atoms with Gasteiger partial charge in [-0.2, -0.15) is 33.7 Å². The van der Waals surface area contributed by atoms with Gasteiger partial charge in [-0.05, 0) is 0 Å². The molecule has 28 atom stereocenters. The van der Waals surface area contributed by atoms with Crippen molar-refractivity contribution in [1.29, 1.82) is 0 Å². The van der Waals surface area contributed by atoms with Crippen molar-refractivity contribution in [3.63, 3.8) is 0 Å². The molecule has 0 aromatic rings. The van der Waals surface area contributed by atoms with Gasteiger partial charge in [-0.3, -0.25) is 32.6 Å². The van der Waals surface area contributed by atoms with Crippen molar-refractivity contribution >= 4 is 77.2 Å². The number of aliphatic hydroxyl groups excluding tert-OH is 10. The quantitative estimate of drug-likeness (QED) is 0.0340. The fourth-order valence-electron chi connectivity index (χ4n) is 10.2. The van der Waals surface area contributed by atoms with E-state index in [2.05, 4.69) is 22.0 Å². The van der Waals surface area contributed by atoms with Gasteiger partial charge in [0, 0.05) is 20.8 Å². The molecule has 0 spiro atoms. The third-order valence-electron chi connectivity index (χ3n) is 14.1.